The number of nitrogens with one attached hydrogen (secondary N) is 1. The monoisotopic (exact) mass is 211 g/mol. The van der Waals surface area contributed by atoms with Gasteiger partial charge in [-0.15, -0.1) is 0 Å². The smallest absolute Gasteiger partial charge is 0.0638 e. The second kappa shape index (κ2) is 7.67. The molecule has 0 aromatic carbocycles. The third-order valence-corrected chi connectivity index (χ3v) is 2.61. The molecule has 0 amide bonds. The lowest BCUT2D eigenvalue weighted by molar-refractivity contribution is 0.222. The third kappa shape index (κ3) is 7.35. The number of hydrogen-bond donors (Lipinski definition) is 1. The molecule has 2 unspecified atom stereocenters. The van der Waals surface area contributed by atoms with Gasteiger partial charge >= 0.3 is 0 Å². The van der Waals surface area contributed by atoms with Crippen molar-refractivity contribution >= 4 is 0 Å². The van der Waals surface area contributed by atoms with Crippen LogP contribution in [0.2, 0.25) is 0 Å². The largest absolute Gasteiger partial charge is 0.314 e. The Morgan fingerprint density at radius 2 is 1.87 bits per heavy atom. The van der Waals surface area contributed by atoms with E-state index in [0.717, 1.165) is 13.1 Å². The molecular formula is C12H25N3. The zero-order chi connectivity index (χ0) is 11.8. The second-order valence-electron chi connectivity index (χ2n) is 4.82. The minimum Gasteiger partial charge on any atom is -0.314 e. The Morgan fingerprint density at radius 3 is 2.33 bits per heavy atom. The molecule has 3 heteroatoms. The molecule has 2 atom stereocenters. The lowest BCUT2D eigenvalue weighted by Crippen LogP contribution is -2.37. The van der Waals surface area contributed by atoms with E-state index in [-0.39, 0.29) is 0 Å². The first-order chi connectivity index (χ1) is 6.97. The standard InChI is InChI=1S/C12H25N3/c1-10(2)14-8-11(3)9-15(5)12(4)6-7-13/h10-12,14H,6,8-9H2,1-5H3. The predicted octanol–water partition coefficient (Wildman–Crippen LogP) is 1.85. The highest BCUT2D eigenvalue weighted by Crippen LogP contribution is 2.04. The van der Waals surface area contributed by atoms with Gasteiger partial charge in [-0.1, -0.05) is 20.8 Å². The molecule has 0 aliphatic rings. The molecule has 0 aromatic rings. The molecule has 0 fully saturated rings. The average Bonchev–Trinajstić information content (AvgIpc) is 2.15. The van der Waals surface area contributed by atoms with Gasteiger partial charge in [0.1, 0.15) is 0 Å². The molecule has 0 aliphatic carbocycles. The van der Waals surface area contributed by atoms with Crippen LogP contribution in [-0.2, 0) is 0 Å². The predicted molar refractivity (Wildman–Crippen MR) is 64.6 cm³/mol. The summed E-state index contributed by atoms with van der Waals surface area (Å²) in [4.78, 5) is 2.26. The molecule has 0 spiro atoms. The van der Waals surface area contributed by atoms with Crippen molar-refractivity contribution in [1.29, 1.82) is 5.26 Å². The van der Waals surface area contributed by atoms with Crippen LogP contribution in [0, 0.1) is 17.2 Å². The Morgan fingerprint density at radius 1 is 1.27 bits per heavy atom. The van der Waals surface area contributed by atoms with E-state index in [1.807, 2.05) is 0 Å². The Bertz CT molecular complexity index is 196. The molecule has 0 saturated heterocycles. The molecule has 0 bridgehead atoms. The first-order valence-electron chi connectivity index (χ1n) is 5.78. The van der Waals surface area contributed by atoms with Crippen LogP contribution in [0.3, 0.4) is 0 Å². The third-order valence-electron chi connectivity index (χ3n) is 2.61. The van der Waals surface area contributed by atoms with E-state index < -0.39 is 0 Å². The zero-order valence-corrected chi connectivity index (χ0v) is 10.7. The van der Waals surface area contributed by atoms with Gasteiger partial charge in [-0.25, -0.2) is 0 Å². The van der Waals surface area contributed by atoms with Crippen LogP contribution in [0.25, 0.3) is 0 Å². The summed E-state index contributed by atoms with van der Waals surface area (Å²) < 4.78 is 0. The molecule has 0 radical (unpaired) electrons. The van der Waals surface area contributed by atoms with Crippen molar-refractivity contribution in [3.63, 3.8) is 0 Å². The molecule has 1 N–H and O–H groups in total. The van der Waals surface area contributed by atoms with Crippen LogP contribution in [-0.4, -0.2) is 37.1 Å². The maximum absolute atomic E-state index is 8.61. The van der Waals surface area contributed by atoms with Crippen LogP contribution in [0.5, 0.6) is 0 Å². The molecule has 0 saturated carbocycles. The zero-order valence-electron chi connectivity index (χ0n) is 10.7. The average molecular weight is 211 g/mol. The summed E-state index contributed by atoms with van der Waals surface area (Å²) in [6, 6.07) is 3.12. The van der Waals surface area contributed by atoms with E-state index in [4.69, 9.17) is 5.26 Å². The van der Waals surface area contributed by atoms with Crippen LogP contribution in [0.1, 0.15) is 34.1 Å². The van der Waals surface area contributed by atoms with Crippen molar-refractivity contribution in [3.05, 3.63) is 0 Å². The summed E-state index contributed by atoms with van der Waals surface area (Å²) >= 11 is 0. The van der Waals surface area contributed by atoms with Gasteiger partial charge in [0, 0.05) is 18.6 Å². The van der Waals surface area contributed by atoms with Crippen molar-refractivity contribution in [2.75, 3.05) is 20.1 Å². The van der Waals surface area contributed by atoms with Gasteiger partial charge in [-0.3, -0.25) is 0 Å². The lowest BCUT2D eigenvalue weighted by Gasteiger charge is -2.26. The Labute approximate surface area is 94.5 Å². The molecule has 0 rings (SSSR count). The topological polar surface area (TPSA) is 39.1 Å². The molecule has 0 aromatic heterocycles. The first-order valence-corrected chi connectivity index (χ1v) is 5.78. The van der Waals surface area contributed by atoms with Crippen LogP contribution >= 0.6 is 0 Å². The van der Waals surface area contributed by atoms with E-state index in [1.165, 1.54) is 0 Å². The number of nitrogens with zero attached hydrogens (tertiary/aromatic N) is 2. The van der Waals surface area contributed by atoms with Crippen LogP contribution < -0.4 is 5.32 Å². The fourth-order valence-corrected chi connectivity index (χ4v) is 1.46. The van der Waals surface area contributed by atoms with Gasteiger partial charge in [-0.05, 0) is 26.4 Å². The summed E-state index contributed by atoms with van der Waals surface area (Å²) in [7, 11) is 2.09. The number of rotatable bonds is 7. The maximum Gasteiger partial charge on any atom is 0.0638 e. The molecular weight excluding hydrogens is 186 g/mol. The van der Waals surface area contributed by atoms with Gasteiger partial charge in [0.2, 0.25) is 0 Å². The van der Waals surface area contributed by atoms with E-state index in [0.29, 0.717) is 24.4 Å². The summed E-state index contributed by atoms with van der Waals surface area (Å²) in [6.07, 6.45) is 0.612. The van der Waals surface area contributed by atoms with Crippen molar-refractivity contribution in [1.82, 2.24) is 10.2 Å². The highest BCUT2D eigenvalue weighted by atomic mass is 15.1. The SMILES string of the molecule is CC(CNC(C)C)CN(C)C(C)CC#N. The lowest BCUT2D eigenvalue weighted by atomic mass is 10.1. The highest BCUT2D eigenvalue weighted by molar-refractivity contribution is 4.79. The minimum absolute atomic E-state index is 0.358. The Kier molecular flexibility index (Phi) is 7.37. The quantitative estimate of drug-likeness (QED) is 0.698. The molecule has 3 nitrogen and oxygen atoms in total. The summed E-state index contributed by atoms with van der Waals surface area (Å²) in [5.74, 6) is 0.624. The molecule has 15 heavy (non-hydrogen) atoms. The second-order valence-corrected chi connectivity index (χ2v) is 4.82. The highest BCUT2D eigenvalue weighted by Gasteiger charge is 2.12. The van der Waals surface area contributed by atoms with E-state index in [2.05, 4.69) is 51.0 Å². The molecule has 88 valence electrons. The first kappa shape index (κ1) is 14.4. The maximum atomic E-state index is 8.61. The van der Waals surface area contributed by atoms with E-state index >= 15 is 0 Å². The Hall–Kier alpha value is -0.590. The van der Waals surface area contributed by atoms with E-state index in [9.17, 15) is 0 Å². The van der Waals surface area contributed by atoms with Crippen LogP contribution in [0.15, 0.2) is 0 Å². The number of hydrogen-bond acceptors (Lipinski definition) is 3. The van der Waals surface area contributed by atoms with Gasteiger partial charge in [-0.2, -0.15) is 5.26 Å². The number of nitriles is 1. The van der Waals surface area contributed by atoms with E-state index in [1.54, 1.807) is 0 Å². The summed E-state index contributed by atoms with van der Waals surface area (Å²) in [6.45, 7) is 10.8. The normalized spacial score (nSPS) is 15.3. The van der Waals surface area contributed by atoms with Crippen molar-refractivity contribution in [2.45, 2.75) is 46.2 Å². The van der Waals surface area contributed by atoms with Gasteiger partial charge in [0.05, 0.1) is 12.5 Å². The fourth-order valence-electron chi connectivity index (χ4n) is 1.46. The van der Waals surface area contributed by atoms with Crippen LogP contribution in [0.4, 0.5) is 0 Å². The minimum atomic E-state index is 0.358. The fraction of sp³-hybridized carbons (Fsp3) is 0.917. The summed E-state index contributed by atoms with van der Waals surface area (Å²) in [5.41, 5.74) is 0. The van der Waals surface area contributed by atoms with Gasteiger partial charge in [0.15, 0.2) is 0 Å². The van der Waals surface area contributed by atoms with Gasteiger partial charge in [0.25, 0.3) is 0 Å². The summed E-state index contributed by atoms with van der Waals surface area (Å²) in [5, 5.41) is 12.0. The molecule has 0 aliphatic heterocycles. The van der Waals surface area contributed by atoms with Gasteiger partial charge < -0.3 is 10.2 Å². The molecule has 0 heterocycles. The Balaban J connectivity index is 3.75. The van der Waals surface area contributed by atoms with Crippen molar-refractivity contribution in [2.24, 2.45) is 5.92 Å². The van der Waals surface area contributed by atoms with Crippen molar-refractivity contribution in [3.8, 4) is 6.07 Å². The van der Waals surface area contributed by atoms with Crippen molar-refractivity contribution < 1.29 is 0 Å².